The van der Waals surface area contributed by atoms with Gasteiger partial charge >= 0.3 is 6.09 Å². The maximum atomic E-state index is 13.4. The summed E-state index contributed by atoms with van der Waals surface area (Å²) < 4.78 is 28.8. The molecular formula is C24H30ClF2N3O3. The maximum absolute atomic E-state index is 13.4. The van der Waals surface area contributed by atoms with Crippen LogP contribution in [0.1, 0.15) is 62.9 Å². The Morgan fingerprint density at radius 3 is 2.52 bits per heavy atom. The summed E-state index contributed by atoms with van der Waals surface area (Å²) in [5.41, 5.74) is 0.884. The molecule has 0 spiro atoms. The smallest absolute Gasteiger partial charge is 0.407 e. The van der Waals surface area contributed by atoms with Gasteiger partial charge in [-0.2, -0.15) is 0 Å². The molecule has 2 aliphatic rings. The molecule has 6 nitrogen and oxygen atoms in total. The molecule has 33 heavy (non-hydrogen) atoms. The molecular weight excluding hydrogens is 452 g/mol. The zero-order chi connectivity index (χ0) is 24.1. The van der Waals surface area contributed by atoms with E-state index in [1.165, 1.54) is 4.90 Å². The van der Waals surface area contributed by atoms with Crippen LogP contribution < -0.4 is 5.32 Å². The normalized spacial score (nSPS) is 23.4. The fraction of sp³-hybridized carbons (Fsp3) is 0.583. The number of nitrogens with one attached hydrogen (secondary N) is 1. The van der Waals surface area contributed by atoms with E-state index >= 15 is 0 Å². The minimum atomic E-state index is -2.60. The van der Waals surface area contributed by atoms with Crippen molar-refractivity contribution in [3.05, 3.63) is 35.0 Å². The second kappa shape index (κ2) is 8.46. The topological polar surface area (TPSA) is 74.6 Å². The number of nitrogens with zero attached hydrogens (tertiary/aromatic N) is 2. The molecule has 0 bridgehead atoms. The van der Waals surface area contributed by atoms with Crippen LogP contribution in [-0.2, 0) is 0 Å². The maximum Gasteiger partial charge on any atom is 0.407 e. The van der Waals surface area contributed by atoms with E-state index in [9.17, 15) is 23.5 Å². The molecule has 2 amide bonds. The van der Waals surface area contributed by atoms with Crippen LogP contribution in [0.25, 0.3) is 10.9 Å². The third kappa shape index (κ3) is 4.54. The van der Waals surface area contributed by atoms with Crippen molar-refractivity contribution in [2.45, 2.75) is 64.5 Å². The fourth-order valence-electron chi connectivity index (χ4n) is 5.32. The summed E-state index contributed by atoms with van der Waals surface area (Å²) in [6.07, 6.45) is 1.27. The Kier molecular flexibility index (Phi) is 6.10. The van der Waals surface area contributed by atoms with Crippen LogP contribution in [0.2, 0.25) is 5.02 Å². The number of benzene rings is 1. The quantitative estimate of drug-likeness (QED) is 0.579. The first-order valence-corrected chi connectivity index (χ1v) is 11.7. The van der Waals surface area contributed by atoms with Crippen molar-refractivity contribution in [3.63, 3.8) is 0 Å². The minimum Gasteiger partial charge on any atom is -0.465 e. The number of carbonyl (C=O) groups excluding carboxylic acids is 1. The van der Waals surface area contributed by atoms with Gasteiger partial charge in [0, 0.05) is 37.5 Å². The van der Waals surface area contributed by atoms with Gasteiger partial charge in [0.15, 0.2) is 0 Å². The van der Waals surface area contributed by atoms with Gasteiger partial charge in [-0.15, -0.1) is 0 Å². The Balaban J connectivity index is 1.60. The summed E-state index contributed by atoms with van der Waals surface area (Å²) in [4.78, 5) is 26.3. The summed E-state index contributed by atoms with van der Waals surface area (Å²) in [5.74, 6) is -2.87. The molecule has 2 N–H and O–H groups in total. The average molecular weight is 482 g/mol. The number of hydrogen-bond donors (Lipinski definition) is 2. The Morgan fingerprint density at radius 2 is 1.91 bits per heavy atom. The zero-order valence-corrected chi connectivity index (χ0v) is 19.8. The molecule has 1 saturated heterocycles. The van der Waals surface area contributed by atoms with Gasteiger partial charge in [0.05, 0.1) is 28.2 Å². The van der Waals surface area contributed by atoms with Crippen molar-refractivity contribution >= 4 is 34.5 Å². The molecule has 2 atom stereocenters. The highest BCUT2D eigenvalue weighted by Gasteiger charge is 2.49. The third-order valence-corrected chi connectivity index (χ3v) is 7.33. The van der Waals surface area contributed by atoms with E-state index in [0.717, 1.165) is 5.52 Å². The van der Waals surface area contributed by atoms with Gasteiger partial charge in [0.1, 0.15) is 0 Å². The standard InChI is InChI=1S/C24H30ClF2N3O3/c1-23(2,3)20-18(13-30(20)22(32)33)29-12-15(19-16(25)5-4-6-17(19)29)21(31)28-11-14-7-9-24(26,27)10-8-14/h4-6,12,14,18,20H,7-11,13H2,1-3H3,(H,28,31)(H,32,33). The first kappa shape index (κ1) is 23.8. The van der Waals surface area contributed by atoms with Crippen molar-refractivity contribution < 1.29 is 23.5 Å². The molecule has 9 heteroatoms. The van der Waals surface area contributed by atoms with Crippen molar-refractivity contribution in [3.8, 4) is 0 Å². The van der Waals surface area contributed by atoms with Crippen LogP contribution in [0.4, 0.5) is 13.6 Å². The van der Waals surface area contributed by atoms with Gasteiger partial charge in [0.2, 0.25) is 5.92 Å². The van der Waals surface area contributed by atoms with Gasteiger partial charge in [0.25, 0.3) is 5.91 Å². The van der Waals surface area contributed by atoms with Gasteiger partial charge in [-0.05, 0) is 36.3 Å². The summed E-state index contributed by atoms with van der Waals surface area (Å²) in [5, 5.41) is 13.6. The van der Waals surface area contributed by atoms with Crippen LogP contribution in [-0.4, -0.2) is 51.6 Å². The molecule has 4 rings (SSSR count). The van der Waals surface area contributed by atoms with E-state index < -0.39 is 12.0 Å². The predicted octanol–water partition coefficient (Wildman–Crippen LogP) is 5.80. The Labute approximate surface area is 196 Å². The van der Waals surface area contributed by atoms with Gasteiger partial charge in [-0.3, -0.25) is 4.79 Å². The zero-order valence-electron chi connectivity index (χ0n) is 19.1. The summed E-state index contributed by atoms with van der Waals surface area (Å²) in [7, 11) is 0. The van der Waals surface area contributed by atoms with Gasteiger partial charge < -0.3 is 19.9 Å². The van der Waals surface area contributed by atoms with E-state index in [1.807, 2.05) is 37.5 Å². The van der Waals surface area contributed by atoms with E-state index in [2.05, 4.69) is 5.32 Å². The second-order valence-corrected chi connectivity index (χ2v) is 10.8. The summed E-state index contributed by atoms with van der Waals surface area (Å²) >= 11 is 6.49. The molecule has 180 valence electrons. The van der Waals surface area contributed by atoms with Crippen LogP contribution in [0.3, 0.4) is 0 Å². The number of aromatic nitrogens is 1. The number of carbonyl (C=O) groups is 2. The number of amides is 2. The second-order valence-electron chi connectivity index (χ2n) is 10.4. The predicted molar refractivity (Wildman–Crippen MR) is 123 cm³/mol. The largest absolute Gasteiger partial charge is 0.465 e. The van der Waals surface area contributed by atoms with Crippen molar-refractivity contribution in [2.24, 2.45) is 11.3 Å². The molecule has 1 aliphatic carbocycles. The molecule has 1 saturated carbocycles. The summed E-state index contributed by atoms with van der Waals surface area (Å²) in [6.45, 7) is 6.66. The van der Waals surface area contributed by atoms with Gasteiger partial charge in [-0.25, -0.2) is 13.6 Å². The van der Waals surface area contributed by atoms with Crippen molar-refractivity contribution in [1.82, 2.24) is 14.8 Å². The number of fused-ring (bicyclic) bond motifs is 1. The van der Waals surface area contributed by atoms with Crippen LogP contribution in [0.5, 0.6) is 0 Å². The van der Waals surface area contributed by atoms with E-state index in [4.69, 9.17) is 11.6 Å². The number of likely N-dealkylation sites (tertiary alicyclic amines) is 1. The summed E-state index contributed by atoms with van der Waals surface area (Å²) in [6, 6.07) is 5.02. The van der Waals surface area contributed by atoms with E-state index in [-0.39, 0.29) is 42.2 Å². The minimum absolute atomic E-state index is 0.0263. The highest BCUT2D eigenvalue weighted by molar-refractivity contribution is 6.36. The lowest BCUT2D eigenvalue weighted by Crippen LogP contribution is -2.63. The highest BCUT2D eigenvalue weighted by Crippen LogP contribution is 2.44. The molecule has 0 radical (unpaired) electrons. The lowest BCUT2D eigenvalue weighted by molar-refractivity contribution is -0.0452. The first-order valence-electron chi connectivity index (χ1n) is 11.3. The Bertz CT molecular complexity index is 1070. The molecule has 2 heterocycles. The van der Waals surface area contributed by atoms with Crippen LogP contribution in [0, 0.1) is 11.3 Å². The third-order valence-electron chi connectivity index (χ3n) is 7.01. The fourth-order valence-corrected chi connectivity index (χ4v) is 5.59. The molecule has 2 fully saturated rings. The van der Waals surface area contributed by atoms with Gasteiger partial charge in [-0.1, -0.05) is 38.4 Å². The van der Waals surface area contributed by atoms with E-state index in [0.29, 0.717) is 41.9 Å². The number of rotatable bonds is 4. The number of carboxylic acid groups (broad SMARTS) is 1. The van der Waals surface area contributed by atoms with E-state index in [1.54, 1.807) is 12.3 Å². The number of alkyl halides is 2. The molecule has 1 aromatic heterocycles. The van der Waals surface area contributed by atoms with Crippen molar-refractivity contribution in [2.75, 3.05) is 13.1 Å². The molecule has 1 aromatic carbocycles. The molecule has 1 aliphatic heterocycles. The molecule has 2 aromatic rings. The average Bonchev–Trinajstić information content (AvgIpc) is 3.05. The lowest BCUT2D eigenvalue weighted by atomic mass is 9.76. The van der Waals surface area contributed by atoms with Crippen molar-refractivity contribution in [1.29, 1.82) is 0 Å². The SMILES string of the molecule is CC(C)(C)C1C(n2cc(C(=O)NCC3CCC(F)(F)CC3)c3c(Cl)cccc32)CN1C(=O)O. The highest BCUT2D eigenvalue weighted by atomic mass is 35.5. The molecule has 2 unspecified atom stereocenters. The van der Waals surface area contributed by atoms with Crippen LogP contribution in [0.15, 0.2) is 24.4 Å². The Morgan fingerprint density at radius 1 is 1.24 bits per heavy atom. The lowest BCUT2D eigenvalue weighted by Gasteiger charge is -2.53. The Hall–Kier alpha value is -2.35. The number of hydrogen-bond acceptors (Lipinski definition) is 2. The first-order chi connectivity index (χ1) is 15.4. The monoisotopic (exact) mass is 481 g/mol. The van der Waals surface area contributed by atoms with Crippen LogP contribution >= 0.6 is 11.6 Å². The number of halogens is 3.